The zero-order valence-corrected chi connectivity index (χ0v) is 18.9. The van der Waals surface area contributed by atoms with E-state index in [1.807, 2.05) is 61.5 Å². The van der Waals surface area contributed by atoms with E-state index in [1.165, 1.54) is 6.42 Å². The largest absolute Gasteiger partial charge is 0.494 e. The van der Waals surface area contributed by atoms with E-state index in [0.717, 1.165) is 24.3 Å². The molecule has 4 atom stereocenters. The lowest BCUT2D eigenvalue weighted by molar-refractivity contribution is 0.0506. The predicted molar refractivity (Wildman–Crippen MR) is 121 cm³/mol. The van der Waals surface area contributed by atoms with Gasteiger partial charge in [0.05, 0.1) is 18.0 Å². The number of hydrogen-bond acceptors (Lipinski definition) is 3. The maximum absolute atomic E-state index is 14.2. The Kier molecular flexibility index (Phi) is 7.43. The second kappa shape index (κ2) is 9.82. The molecule has 158 valence electrons. The van der Waals surface area contributed by atoms with Crippen molar-refractivity contribution in [1.82, 2.24) is 0 Å². The van der Waals surface area contributed by atoms with Crippen molar-refractivity contribution in [1.29, 1.82) is 0 Å². The topological polar surface area (TPSA) is 47.6 Å². The summed E-state index contributed by atoms with van der Waals surface area (Å²) in [4.78, 5) is 0. The molecule has 0 saturated heterocycles. The van der Waals surface area contributed by atoms with Gasteiger partial charge in [0, 0.05) is 5.69 Å². The number of nitrogens with one attached hydrogen (secondary N) is 1. The first-order chi connectivity index (χ1) is 13.9. The van der Waals surface area contributed by atoms with Crippen LogP contribution in [0.25, 0.3) is 0 Å². The van der Waals surface area contributed by atoms with Crippen LogP contribution in [0, 0.1) is 17.8 Å². The molecule has 4 nitrogen and oxygen atoms in total. The number of hydrogen-bond donors (Lipinski definition) is 1. The maximum atomic E-state index is 14.2. The Hall–Kier alpha value is -1.77. The molecule has 5 heteroatoms. The van der Waals surface area contributed by atoms with Crippen molar-refractivity contribution in [2.24, 2.45) is 17.8 Å². The zero-order chi connectivity index (χ0) is 20.9. The molecule has 0 radical (unpaired) electrons. The van der Waals surface area contributed by atoms with Gasteiger partial charge in [-0.15, -0.1) is 0 Å². The van der Waals surface area contributed by atoms with Crippen LogP contribution in [-0.4, -0.2) is 12.7 Å². The van der Waals surface area contributed by atoms with Crippen molar-refractivity contribution >= 4 is 18.5 Å². The average molecular weight is 416 g/mol. The minimum absolute atomic E-state index is 0.0139. The van der Waals surface area contributed by atoms with Gasteiger partial charge in [0.1, 0.15) is 5.75 Å². The van der Waals surface area contributed by atoms with E-state index >= 15 is 0 Å². The molecular formula is C24H34NO3P. The Morgan fingerprint density at radius 1 is 1.07 bits per heavy atom. The van der Waals surface area contributed by atoms with Crippen LogP contribution in [-0.2, 0) is 9.09 Å². The molecule has 2 aromatic carbocycles. The van der Waals surface area contributed by atoms with Crippen molar-refractivity contribution in [2.45, 2.75) is 53.1 Å². The summed E-state index contributed by atoms with van der Waals surface area (Å²) in [7, 11) is -3.29. The van der Waals surface area contributed by atoms with Gasteiger partial charge < -0.3 is 14.3 Å². The summed E-state index contributed by atoms with van der Waals surface area (Å²) < 4.78 is 26.2. The van der Waals surface area contributed by atoms with E-state index in [1.54, 1.807) is 0 Å². The lowest BCUT2D eigenvalue weighted by atomic mass is 9.75. The second-order valence-electron chi connectivity index (χ2n) is 8.43. The van der Waals surface area contributed by atoms with Crippen LogP contribution < -0.4 is 15.1 Å². The fraction of sp³-hybridized carbons (Fsp3) is 0.500. The van der Waals surface area contributed by atoms with Crippen LogP contribution in [0.15, 0.2) is 54.6 Å². The van der Waals surface area contributed by atoms with E-state index in [9.17, 15) is 4.57 Å². The van der Waals surface area contributed by atoms with Gasteiger partial charge in [-0.25, -0.2) is 0 Å². The molecule has 2 aromatic rings. The molecule has 0 aliphatic heterocycles. The Balaban J connectivity index is 1.88. The standard InChI is InChI=1S/C24H34NO3P/c1-5-27-21-14-12-20(13-15-21)25-29(26,22-9-7-6-8-10-22)28-24-17-19(4)11-16-23(24)18(2)3/h6-10,12-15,18-19,23-24H,5,11,16-17H2,1-4H3,(H,25,26)/t19-,23-,24-,29-/m1/s1. The lowest BCUT2D eigenvalue weighted by Gasteiger charge is -2.39. The molecule has 0 bridgehead atoms. The normalized spacial score (nSPS) is 24.1. The van der Waals surface area contributed by atoms with Crippen LogP contribution in [0.5, 0.6) is 5.75 Å². The summed E-state index contributed by atoms with van der Waals surface area (Å²) in [6.07, 6.45) is 3.27. The van der Waals surface area contributed by atoms with Gasteiger partial charge in [0.15, 0.2) is 0 Å². The van der Waals surface area contributed by atoms with E-state index < -0.39 is 7.52 Å². The van der Waals surface area contributed by atoms with E-state index in [0.29, 0.717) is 29.7 Å². The molecule has 3 rings (SSSR count). The number of anilines is 1. The van der Waals surface area contributed by atoms with E-state index in [-0.39, 0.29) is 6.10 Å². The third-order valence-corrected chi connectivity index (χ3v) is 7.88. The van der Waals surface area contributed by atoms with Crippen LogP contribution >= 0.6 is 7.52 Å². The minimum Gasteiger partial charge on any atom is -0.494 e. The highest BCUT2D eigenvalue weighted by atomic mass is 31.2. The molecule has 0 unspecified atom stereocenters. The number of rotatable bonds is 8. The first-order valence-corrected chi connectivity index (χ1v) is 12.4. The van der Waals surface area contributed by atoms with Gasteiger partial charge in [-0.1, -0.05) is 45.4 Å². The van der Waals surface area contributed by atoms with E-state index in [2.05, 4.69) is 25.9 Å². The molecule has 0 heterocycles. The Labute approximate surface area is 175 Å². The molecule has 0 spiro atoms. The molecule has 29 heavy (non-hydrogen) atoms. The summed E-state index contributed by atoms with van der Waals surface area (Å²) in [5.41, 5.74) is 0.769. The van der Waals surface area contributed by atoms with Crippen LogP contribution in [0.4, 0.5) is 5.69 Å². The SMILES string of the molecule is CCOc1ccc(N[P@](=O)(O[C@@H]2C[C@H](C)CC[C@@H]2C(C)C)c2ccccc2)cc1. The molecular weight excluding hydrogens is 381 g/mol. The van der Waals surface area contributed by atoms with Crippen molar-refractivity contribution in [2.75, 3.05) is 11.7 Å². The highest BCUT2D eigenvalue weighted by molar-refractivity contribution is 7.68. The van der Waals surface area contributed by atoms with Gasteiger partial charge in [-0.3, -0.25) is 4.57 Å². The quantitative estimate of drug-likeness (QED) is 0.500. The van der Waals surface area contributed by atoms with Crippen molar-refractivity contribution in [3.63, 3.8) is 0 Å². The van der Waals surface area contributed by atoms with Gasteiger partial charge in [-0.2, -0.15) is 0 Å². The fourth-order valence-corrected chi connectivity index (χ4v) is 6.15. The van der Waals surface area contributed by atoms with Gasteiger partial charge in [-0.05, 0) is 73.9 Å². The zero-order valence-electron chi connectivity index (χ0n) is 18.0. The Bertz CT molecular complexity index is 807. The summed E-state index contributed by atoms with van der Waals surface area (Å²) in [6.45, 7) is 9.32. The fourth-order valence-electron chi connectivity index (χ4n) is 4.16. The molecule has 1 N–H and O–H groups in total. The molecule has 1 aliphatic carbocycles. The van der Waals surface area contributed by atoms with Gasteiger partial charge in [0.25, 0.3) is 0 Å². The minimum atomic E-state index is -3.29. The average Bonchev–Trinajstić information content (AvgIpc) is 2.70. The monoisotopic (exact) mass is 415 g/mol. The lowest BCUT2D eigenvalue weighted by Crippen LogP contribution is -2.35. The smallest absolute Gasteiger partial charge is 0.324 e. The van der Waals surface area contributed by atoms with Crippen LogP contribution in [0.2, 0.25) is 0 Å². The van der Waals surface area contributed by atoms with Crippen molar-refractivity contribution in [3.8, 4) is 5.75 Å². The maximum Gasteiger partial charge on any atom is 0.324 e. The van der Waals surface area contributed by atoms with Crippen molar-refractivity contribution < 1.29 is 13.8 Å². The van der Waals surface area contributed by atoms with Crippen LogP contribution in [0.1, 0.15) is 47.0 Å². The highest BCUT2D eigenvalue weighted by Crippen LogP contribution is 2.51. The molecule has 1 saturated carbocycles. The molecule has 1 fully saturated rings. The first kappa shape index (κ1) is 21.9. The first-order valence-electron chi connectivity index (χ1n) is 10.8. The third kappa shape index (κ3) is 5.65. The highest BCUT2D eigenvalue weighted by Gasteiger charge is 2.38. The second-order valence-corrected chi connectivity index (χ2v) is 10.5. The summed E-state index contributed by atoms with van der Waals surface area (Å²) in [6, 6.07) is 17.1. The molecule has 0 aromatic heterocycles. The summed E-state index contributed by atoms with van der Waals surface area (Å²) in [5.74, 6) is 2.31. The van der Waals surface area contributed by atoms with Gasteiger partial charge >= 0.3 is 7.52 Å². The van der Waals surface area contributed by atoms with Crippen molar-refractivity contribution in [3.05, 3.63) is 54.6 Å². The third-order valence-electron chi connectivity index (χ3n) is 5.78. The predicted octanol–water partition coefficient (Wildman–Crippen LogP) is 6.49. The Morgan fingerprint density at radius 3 is 2.38 bits per heavy atom. The summed E-state index contributed by atoms with van der Waals surface area (Å²) in [5, 5.41) is 3.94. The van der Waals surface area contributed by atoms with Gasteiger partial charge in [0.2, 0.25) is 0 Å². The number of ether oxygens (including phenoxy) is 1. The molecule has 0 amide bonds. The Morgan fingerprint density at radius 2 is 1.76 bits per heavy atom. The molecule has 1 aliphatic rings. The van der Waals surface area contributed by atoms with Crippen LogP contribution in [0.3, 0.4) is 0 Å². The summed E-state index contributed by atoms with van der Waals surface area (Å²) >= 11 is 0. The van der Waals surface area contributed by atoms with E-state index in [4.69, 9.17) is 9.26 Å². The number of benzene rings is 2.